The smallest absolute Gasteiger partial charge is 0.253 e. The van der Waals surface area contributed by atoms with E-state index in [4.69, 9.17) is 0 Å². The summed E-state index contributed by atoms with van der Waals surface area (Å²) in [6.07, 6.45) is 5.48. The molecule has 2 aromatic carbocycles. The van der Waals surface area contributed by atoms with Crippen LogP contribution in [-0.4, -0.2) is 39.8 Å². The zero-order valence-corrected chi connectivity index (χ0v) is 18.8. The molecule has 6 nitrogen and oxygen atoms in total. The van der Waals surface area contributed by atoms with Crippen LogP contribution in [-0.2, 0) is 0 Å². The van der Waals surface area contributed by atoms with Crippen LogP contribution in [0.25, 0.3) is 11.1 Å². The number of carbonyl (C=O) groups excluding carboxylic acids is 2. The van der Waals surface area contributed by atoms with E-state index in [2.05, 4.69) is 15.3 Å². The summed E-state index contributed by atoms with van der Waals surface area (Å²) in [5, 5.41) is 3.01. The van der Waals surface area contributed by atoms with Crippen LogP contribution in [0.1, 0.15) is 63.5 Å². The molecule has 6 heteroatoms. The van der Waals surface area contributed by atoms with Crippen molar-refractivity contribution < 1.29 is 9.59 Å². The molecule has 2 amide bonds. The lowest BCUT2D eigenvalue weighted by atomic mass is 9.98. The van der Waals surface area contributed by atoms with Gasteiger partial charge in [0, 0.05) is 42.2 Å². The van der Waals surface area contributed by atoms with Crippen molar-refractivity contribution in [3.05, 3.63) is 82.9 Å². The predicted octanol–water partition coefficient (Wildman–Crippen LogP) is 4.49. The number of amides is 2. The minimum atomic E-state index is -0.260. The maximum absolute atomic E-state index is 13.2. The summed E-state index contributed by atoms with van der Waals surface area (Å²) < 4.78 is 0. The number of nitrogens with one attached hydrogen (secondary N) is 1. The number of aryl methyl sites for hydroxylation is 2. The quantitative estimate of drug-likeness (QED) is 0.650. The number of nitrogens with zero attached hydrogens (tertiary/aromatic N) is 3. The van der Waals surface area contributed by atoms with Crippen molar-refractivity contribution in [1.29, 1.82) is 0 Å². The third-order valence-corrected chi connectivity index (χ3v) is 5.87. The second kappa shape index (κ2) is 9.30. The summed E-state index contributed by atoms with van der Waals surface area (Å²) in [7, 11) is 0. The van der Waals surface area contributed by atoms with Crippen LogP contribution in [0, 0.1) is 13.8 Å². The fourth-order valence-electron chi connectivity index (χ4n) is 3.89. The molecule has 1 atom stereocenters. The van der Waals surface area contributed by atoms with Crippen molar-refractivity contribution in [3.8, 4) is 11.1 Å². The van der Waals surface area contributed by atoms with Crippen molar-refractivity contribution in [2.24, 2.45) is 0 Å². The lowest BCUT2D eigenvalue weighted by Gasteiger charge is -2.18. The number of likely N-dealkylation sites (tertiary alicyclic amines) is 1. The average molecular weight is 429 g/mol. The molecule has 0 spiro atoms. The number of hydrogen-bond acceptors (Lipinski definition) is 4. The number of benzene rings is 2. The summed E-state index contributed by atoms with van der Waals surface area (Å²) in [4.78, 5) is 36.5. The van der Waals surface area contributed by atoms with Crippen LogP contribution in [0.3, 0.4) is 0 Å². The largest absolute Gasteiger partial charge is 0.345 e. The van der Waals surface area contributed by atoms with Gasteiger partial charge in [-0.3, -0.25) is 9.59 Å². The van der Waals surface area contributed by atoms with E-state index in [0.29, 0.717) is 17.0 Å². The van der Waals surface area contributed by atoms with Gasteiger partial charge in [-0.15, -0.1) is 0 Å². The van der Waals surface area contributed by atoms with Crippen molar-refractivity contribution in [2.45, 2.75) is 39.7 Å². The zero-order valence-electron chi connectivity index (χ0n) is 18.8. The minimum absolute atomic E-state index is 0.0227. The summed E-state index contributed by atoms with van der Waals surface area (Å²) in [5.74, 6) is 0.427. The summed E-state index contributed by atoms with van der Waals surface area (Å²) >= 11 is 0. The molecule has 1 N–H and O–H groups in total. The van der Waals surface area contributed by atoms with E-state index < -0.39 is 0 Å². The van der Waals surface area contributed by atoms with E-state index in [1.54, 1.807) is 18.5 Å². The van der Waals surface area contributed by atoms with Gasteiger partial charge in [0.05, 0.1) is 6.04 Å². The maximum atomic E-state index is 13.2. The molecule has 0 radical (unpaired) electrons. The van der Waals surface area contributed by atoms with Crippen LogP contribution in [0.4, 0.5) is 0 Å². The first kappa shape index (κ1) is 21.7. The van der Waals surface area contributed by atoms with Crippen LogP contribution in [0.5, 0.6) is 0 Å². The van der Waals surface area contributed by atoms with Crippen LogP contribution < -0.4 is 5.32 Å². The monoisotopic (exact) mass is 428 g/mol. The molecular formula is C26H28N4O2. The Hall–Kier alpha value is -3.54. The molecule has 4 rings (SSSR count). The molecule has 1 aliphatic rings. The second-order valence-corrected chi connectivity index (χ2v) is 8.42. The summed E-state index contributed by atoms with van der Waals surface area (Å²) in [6.45, 7) is 7.28. The first-order chi connectivity index (χ1) is 15.4. The van der Waals surface area contributed by atoms with Gasteiger partial charge in [0.15, 0.2) is 0 Å². The Kier molecular flexibility index (Phi) is 6.30. The average Bonchev–Trinajstić information content (AvgIpc) is 3.34. The normalized spacial score (nSPS) is 14.3. The first-order valence-electron chi connectivity index (χ1n) is 11.0. The molecule has 1 saturated heterocycles. The number of hydrogen-bond donors (Lipinski definition) is 1. The Morgan fingerprint density at radius 2 is 1.53 bits per heavy atom. The molecule has 164 valence electrons. The van der Waals surface area contributed by atoms with Crippen molar-refractivity contribution in [3.63, 3.8) is 0 Å². The van der Waals surface area contributed by atoms with Crippen LogP contribution >= 0.6 is 0 Å². The Morgan fingerprint density at radius 3 is 2.19 bits per heavy atom. The second-order valence-electron chi connectivity index (χ2n) is 8.42. The van der Waals surface area contributed by atoms with Gasteiger partial charge >= 0.3 is 0 Å². The molecule has 0 aliphatic carbocycles. The third-order valence-electron chi connectivity index (χ3n) is 5.87. The highest BCUT2D eigenvalue weighted by molar-refractivity contribution is 6.01. The molecule has 1 aliphatic heterocycles. The van der Waals surface area contributed by atoms with Crippen molar-refractivity contribution in [2.75, 3.05) is 13.1 Å². The van der Waals surface area contributed by atoms with Gasteiger partial charge in [0.25, 0.3) is 11.8 Å². The van der Waals surface area contributed by atoms with E-state index >= 15 is 0 Å². The fourth-order valence-corrected chi connectivity index (χ4v) is 3.89. The van der Waals surface area contributed by atoms with Crippen molar-refractivity contribution >= 4 is 11.8 Å². The van der Waals surface area contributed by atoms with Gasteiger partial charge in [0.1, 0.15) is 5.82 Å². The van der Waals surface area contributed by atoms with E-state index in [-0.39, 0.29) is 17.9 Å². The van der Waals surface area contributed by atoms with E-state index in [1.165, 1.54) is 0 Å². The highest BCUT2D eigenvalue weighted by Gasteiger charge is 2.22. The molecule has 0 unspecified atom stereocenters. The number of aromatic nitrogens is 2. The third kappa shape index (κ3) is 4.85. The summed E-state index contributed by atoms with van der Waals surface area (Å²) in [5.41, 5.74) is 4.82. The highest BCUT2D eigenvalue weighted by atomic mass is 16.2. The van der Waals surface area contributed by atoms with Gasteiger partial charge in [-0.25, -0.2) is 9.97 Å². The molecule has 0 saturated carbocycles. The van der Waals surface area contributed by atoms with Gasteiger partial charge in [-0.1, -0.05) is 29.8 Å². The van der Waals surface area contributed by atoms with Crippen molar-refractivity contribution in [1.82, 2.24) is 20.2 Å². The molecule has 0 bridgehead atoms. The van der Waals surface area contributed by atoms with Gasteiger partial charge in [-0.05, 0) is 62.9 Å². The Labute approximate surface area is 188 Å². The zero-order chi connectivity index (χ0) is 22.7. The minimum Gasteiger partial charge on any atom is -0.345 e. The van der Waals surface area contributed by atoms with Crippen LogP contribution in [0.2, 0.25) is 0 Å². The lowest BCUT2D eigenvalue weighted by molar-refractivity contribution is 0.0793. The highest BCUT2D eigenvalue weighted by Crippen LogP contribution is 2.25. The van der Waals surface area contributed by atoms with E-state index in [1.807, 2.05) is 62.1 Å². The number of rotatable bonds is 5. The molecule has 2 heterocycles. The number of carbonyl (C=O) groups is 2. The fraction of sp³-hybridized carbons (Fsp3) is 0.308. The van der Waals surface area contributed by atoms with Crippen LogP contribution in [0.15, 0.2) is 54.9 Å². The Bertz CT molecular complexity index is 1120. The first-order valence-corrected chi connectivity index (χ1v) is 11.0. The molecular weight excluding hydrogens is 400 g/mol. The maximum Gasteiger partial charge on any atom is 0.253 e. The Balaban J connectivity index is 1.66. The SMILES string of the molecule is Cc1ccc(-c2cc(C(=O)N[C@H](C)c3cnc(C)nc3)cc(C(=O)N3CCCC3)c2)cc1. The molecule has 3 aromatic rings. The predicted molar refractivity (Wildman–Crippen MR) is 124 cm³/mol. The van der Waals surface area contributed by atoms with Gasteiger partial charge < -0.3 is 10.2 Å². The van der Waals surface area contributed by atoms with Gasteiger partial charge in [-0.2, -0.15) is 0 Å². The summed E-state index contributed by atoms with van der Waals surface area (Å²) in [6, 6.07) is 13.3. The lowest BCUT2D eigenvalue weighted by Crippen LogP contribution is -2.29. The molecule has 32 heavy (non-hydrogen) atoms. The van der Waals surface area contributed by atoms with E-state index in [9.17, 15) is 9.59 Å². The van der Waals surface area contributed by atoms with E-state index in [0.717, 1.165) is 48.2 Å². The standard InChI is InChI=1S/C26H28N4O2/c1-17-6-8-20(9-7-17)21-12-22(14-23(13-21)26(32)30-10-4-5-11-30)25(31)29-18(2)24-15-27-19(3)28-16-24/h6-9,12-16,18H,4-5,10-11H2,1-3H3,(H,29,31)/t18-/m1/s1. The molecule has 1 fully saturated rings. The molecule has 1 aromatic heterocycles. The Morgan fingerprint density at radius 1 is 0.906 bits per heavy atom. The topological polar surface area (TPSA) is 75.2 Å². The van der Waals surface area contributed by atoms with Gasteiger partial charge in [0.2, 0.25) is 0 Å².